The van der Waals surface area contributed by atoms with Gasteiger partial charge in [-0.2, -0.15) is 0 Å². The highest BCUT2D eigenvalue weighted by atomic mass is 19.1. The number of ketones is 1. The van der Waals surface area contributed by atoms with Crippen molar-refractivity contribution in [3.8, 4) is 17.2 Å². The van der Waals surface area contributed by atoms with Gasteiger partial charge < -0.3 is 24.8 Å². The minimum Gasteiger partial charge on any atom is -0.493 e. The molecule has 0 aromatic heterocycles. The van der Waals surface area contributed by atoms with Crippen LogP contribution in [-0.2, 0) is 4.79 Å². The number of hydrogen-bond acceptors (Lipinski definition) is 6. The van der Waals surface area contributed by atoms with Gasteiger partial charge in [-0.1, -0.05) is 30.3 Å². The molecule has 0 unspecified atom stereocenters. The van der Waals surface area contributed by atoms with Gasteiger partial charge in [0.15, 0.2) is 17.3 Å². The Morgan fingerprint density at radius 2 is 1.51 bits per heavy atom. The average Bonchev–Trinajstić information content (AvgIpc) is 3.04. The number of Topliss-reactive ketones (excluding diaryl/α,β-unsaturated/α-hetero) is 1. The SMILES string of the molecule is COc1cc([C@H]2CC(=O)C3=C(C2)Nc2ccccc2N[C@H]3c2ccccc2F)cc(OC)c1OC. The fourth-order valence-corrected chi connectivity index (χ4v) is 5.01. The van der Waals surface area contributed by atoms with Gasteiger partial charge in [-0.05, 0) is 48.2 Å². The van der Waals surface area contributed by atoms with E-state index in [4.69, 9.17) is 14.2 Å². The van der Waals surface area contributed by atoms with Gasteiger partial charge in [0.05, 0.1) is 38.7 Å². The number of methoxy groups -OCH3 is 3. The lowest BCUT2D eigenvalue weighted by Gasteiger charge is -2.30. The highest BCUT2D eigenvalue weighted by Crippen LogP contribution is 2.47. The second-order valence-electron chi connectivity index (χ2n) is 8.65. The van der Waals surface area contributed by atoms with E-state index >= 15 is 0 Å². The zero-order valence-electron chi connectivity index (χ0n) is 19.9. The second kappa shape index (κ2) is 9.33. The number of benzene rings is 3. The molecule has 1 aliphatic carbocycles. The summed E-state index contributed by atoms with van der Waals surface area (Å²) in [6.45, 7) is 0. The Morgan fingerprint density at radius 3 is 2.17 bits per heavy atom. The minimum absolute atomic E-state index is 0.0361. The van der Waals surface area contributed by atoms with E-state index in [9.17, 15) is 9.18 Å². The lowest BCUT2D eigenvalue weighted by atomic mass is 9.78. The van der Waals surface area contributed by atoms with Crippen LogP contribution in [0.3, 0.4) is 0 Å². The Kier molecular flexibility index (Phi) is 6.07. The van der Waals surface area contributed by atoms with Crippen molar-refractivity contribution < 1.29 is 23.4 Å². The Morgan fingerprint density at radius 1 is 0.857 bits per heavy atom. The molecule has 1 aliphatic heterocycles. The molecule has 0 radical (unpaired) electrons. The summed E-state index contributed by atoms with van der Waals surface area (Å²) in [6, 6.07) is 17.5. The summed E-state index contributed by atoms with van der Waals surface area (Å²) in [5.74, 6) is 1.08. The monoisotopic (exact) mass is 474 g/mol. The van der Waals surface area contributed by atoms with Crippen LogP contribution in [0, 0.1) is 5.82 Å². The van der Waals surface area contributed by atoms with E-state index in [0.29, 0.717) is 34.8 Å². The van der Waals surface area contributed by atoms with Crippen molar-refractivity contribution in [2.45, 2.75) is 24.8 Å². The van der Waals surface area contributed by atoms with Crippen molar-refractivity contribution in [3.05, 3.63) is 88.9 Å². The Balaban J connectivity index is 1.61. The number of halogens is 1. The van der Waals surface area contributed by atoms with Crippen molar-refractivity contribution in [1.29, 1.82) is 0 Å². The smallest absolute Gasteiger partial charge is 0.203 e. The van der Waals surface area contributed by atoms with E-state index in [1.165, 1.54) is 6.07 Å². The van der Waals surface area contributed by atoms with E-state index in [-0.39, 0.29) is 23.9 Å². The van der Waals surface area contributed by atoms with Crippen molar-refractivity contribution >= 4 is 17.2 Å². The molecule has 0 spiro atoms. The van der Waals surface area contributed by atoms with Gasteiger partial charge in [0.25, 0.3) is 0 Å². The number of nitrogens with one attached hydrogen (secondary N) is 2. The third-order valence-corrected chi connectivity index (χ3v) is 6.68. The van der Waals surface area contributed by atoms with Crippen molar-refractivity contribution in [2.75, 3.05) is 32.0 Å². The van der Waals surface area contributed by atoms with Gasteiger partial charge in [-0.15, -0.1) is 0 Å². The summed E-state index contributed by atoms with van der Waals surface area (Å²) in [4.78, 5) is 13.7. The lowest BCUT2D eigenvalue weighted by Crippen LogP contribution is -2.27. The summed E-state index contributed by atoms with van der Waals surface area (Å²) >= 11 is 0. The van der Waals surface area contributed by atoms with Crippen LogP contribution >= 0.6 is 0 Å². The summed E-state index contributed by atoms with van der Waals surface area (Å²) < 4.78 is 31.4. The number of allylic oxidation sites excluding steroid dienone is 1. The molecule has 2 atom stereocenters. The van der Waals surface area contributed by atoms with Crippen molar-refractivity contribution in [3.63, 3.8) is 0 Å². The number of anilines is 2. The summed E-state index contributed by atoms with van der Waals surface area (Å²) in [7, 11) is 4.70. The molecule has 3 aromatic carbocycles. The maximum absolute atomic E-state index is 14.9. The number of rotatable bonds is 5. The van der Waals surface area contributed by atoms with Gasteiger partial charge in [-0.25, -0.2) is 4.39 Å². The minimum atomic E-state index is -0.601. The van der Waals surface area contributed by atoms with Crippen molar-refractivity contribution in [2.24, 2.45) is 0 Å². The topological polar surface area (TPSA) is 68.8 Å². The molecular weight excluding hydrogens is 447 g/mol. The largest absolute Gasteiger partial charge is 0.493 e. The van der Waals surface area contributed by atoms with Crippen LogP contribution in [-0.4, -0.2) is 27.1 Å². The maximum Gasteiger partial charge on any atom is 0.203 e. The first-order chi connectivity index (χ1) is 17.0. The molecule has 3 aromatic rings. The maximum atomic E-state index is 14.9. The van der Waals surface area contributed by atoms with E-state index in [1.54, 1.807) is 39.5 Å². The lowest BCUT2D eigenvalue weighted by molar-refractivity contribution is -0.116. The average molecular weight is 475 g/mol. The number of ether oxygens (including phenoxy) is 3. The fraction of sp³-hybridized carbons (Fsp3) is 0.250. The normalized spacial score (nSPS) is 19.0. The Hall–Kier alpha value is -4.00. The molecular formula is C28H27FN2O4. The van der Waals surface area contributed by atoms with Crippen LogP contribution < -0.4 is 24.8 Å². The molecule has 0 amide bonds. The molecule has 0 fully saturated rings. The molecule has 7 heteroatoms. The van der Waals surface area contributed by atoms with E-state index in [0.717, 1.165) is 22.6 Å². The Bertz CT molecular complexity index is 1290. The van der Waals surface area contributed by atoms with Crippen molar-refractivity contribution in [1.82, 2.24) is 0 Å². The molecule has 2 aliphatic rings. The fourth-order valence-electron chi connectivity index (χ4n) is 5.01. The van der Waals surface area contributed by atoms with Crippen LogP contribution in [0.15, 0.2) is 71.9 Å². The third kappa shape index (κ3) is 4.07. The summed E-state index contributed by atoms with van der Waals surface area (Å²) in [5, 5.41) is 6.89. The third-order valence-electron chi connectivity index (χ3n) is 6.68. The van der Waals surface area contributed by atoms with Crippen LogP contribution in [0.4, 0.5) is 15.8 Å². The van der Waals surface area contributed by atoms with Crippen LogP contribution in [0.1, 0.15) is 35.9 Å². The quantitative estimate of drug-likeness (QED) is 0.485. The molecule has 0 saturated carbocycles. The van der Waals surface area contributed by atoms with Crippen LogP contribution in [0.5, 0.6) is 17.2 Å². The Labute approximate surface area is 203 Å². The highest BCUT2D eigenvalue weighted by Gasteiger charge is 2.37. The zero-order chi connectivity index (χ0) is 24.5. The van der Waals surface area contributed by atoms with Crippen LogP contribution in [0.25, 0.3) is 0 Å². The van der Waals surface area contributed by atoms with Gasteiger partial charge in [0.1, 0.15) is 5.82 Å². The first kappa shape index (κ1) is 22.8. The molecule has 2 N–H and O–H groups in total. The second-order valence-corrected chi connectivity index (χ2v) is 8.65. The summed E-state index contributed by atoms with van der Waals surface area (Å²) in [5.41, 5.74) is 4.36. The first-order valence-electron chi connectivity index (χ1n) is 11.5. The number of carbonyl (C=O) groups excluding carboxylic acids is 1. The molecule has 35 heavy (non-hydrogen) atoms. The van der Waals surface area contributed by atoms with E-state index < -0.39 is 6.04 Å². The van der Waals surface area contributed by atoms with Gasteiger partial charge >= 0.3 is 0 Å². The predicted molar refractivity (Wildman–Crippen MR) is 133 cm³/mol. The molecule has 6 nitrogen and oxygen atoms in total. The van der Waals surface area contributed by atoms with Gasteiger partial charge in [0, 0.05) is 23.3 Å². The number of fused-ring (bicyclic) bond motifs is 1. The highest BCUT2D eigenvalue weighted by molar-refractivity contribution is 6.01. The molecule has 180 valence electrons. The molecule has 5 rings (SSSR count). The number of carbonyl (C=O) groups is 1. The molecule has 0 saturated heterocycles. The summed E-state index contributed by atoms with van der Waals surface area (Å²) in [6.07, 6.45) is 0.850. The van der Waals surface area contributed by atoms with Crippen LogP contribution in [0.2, 0.25) is 0 Å². The standard InChI is InChI=1S/C28H27FN2O4/c1-33-24-14-17(15-25(34-2)28(24)35-3)16-12-22-26(23(32)13-16)27(18-8-4-5-9-19(18)29)31-21-11-7-6-10-20(21)30-22/h4-11,14-16,27,30-31H,12-13H2,1-3H3/t16-,27+/m1/s1. The van der Waals surface area contributed by atoms with E-state index in [1.807, 2.05) is 36.4 Å². The molecule has 1 heterocycles. The zero-order valence-corrected chi connectivity index (χ0v) is 19.9. The van der Waals surface area contributed by atoms with E-state index in [2.05, 4.69) is 10.6 Å². The predicted octanol–water partition coefficient (Wildman–Crippen LogP) is 5.83. The number of para-hydroxylation sites is 2. The van der Waals surface area contributed by atoms with Gasteiger partial charge in [0.2, 0.25) is 5.75 Å². The van der Waals surface area contributed by atoms with Gasteiger partial charge in [-0.3, -0.25) is 4.79 Å². The first-order valence-corrected chi connectivity index (χ1v) is 11.5. The molecule has 0 bridgehead atoms. The number of hydrogen-bond donors (Lipinski definition) is 2.